The highest BCUT2D eigenvalue weighted by molar-refractivity contribution is 5.56. The predicted molar refractivity (Wildman–Crippen MR) is 54.0 cm³/mol. The fourth-order valence-corrected chi connectivity index (χ4v) is 1.20. The number of rotatable bonds is 2. The summed E-state index contributed by atoms with van der Waals surface area (Å²) in [6.07, 6.45) is 0. The molecule has 0 saturated carbocycles. The van der Waals surface area contributed by atoms with Gasteiger partial charge in [0.05, 0.1) is 14.2 Å². The van der Waals surface area contributed by atoms with Crippen molar-refractivity contribution in [1.29, 1.82) is 0 Å². The first-order valence-electron chi connectivity index (χ1n) is 4.04. The van der Waals surface area contributed by atoms with Gasteiger partial charge in [-0.2, -0.15) is 0 Å². The largest absolute Gasteiger partial charge is 0.498 e. The van der Waals surface area contributed by atoms with Crippen LogP contribution in [0.4, 0.5) is 0 Å². The molecule has 0 aliphatic heterocycles. The number of benzene rings is 1. The molecular weight excluding hydrogens is 182 g/mol. The van der Waals surface area contributed by atoms with E-state index < -0.39 is 0 Å². The molecule has 0 saturated heterocycles. The fourth-order valence-electron chi connectivity index (χ4n) is 1.20. The minimum atomic E-state index is 0.440. The van der Waals surface area contributed by atoms with Crippen molar-refractivity contribution in [1.82, 2.24) is 0 Å². The van der Waals surface area contributed by atoms with E-state index in [-0.39, 0.29) is 0 Å². The molecule has 0 atom stereocenters. The second-order valence-corrected chi connectivity index (χ2v) is 2.75. The van der Waals surface area contributed by atoms with Gasteiger partial charge in [-0.1, -0.05) is 0 Å². The maximum Gasteiger partial charge on any atom is 0.344 e. The summed E-state index contributed by atoms with van der Waals surface area (Å²) in [5, 5.41) is 12.7. The topological polar surface area (TPSA) is 45.9 Å². The summed E-state index contributed by atoms with van der Waals surface area (Å²) in [4.78, 5) is 0. The van der Waals surface area contributed by atoms with Crippen molar-refractivity contribution < 1.29 is 9.47 Å². The Bertz CT molecular complexity index is 365. The van der Waals surface area contributed by atoms with Crippen LogP contribution in [0.2, 0.25) is 0 Å². The van der Waals surface area contributed by atoms with Crippen molar-refractivity contribution in [3.8, 4) is 17.6 Å². The number of hydrogen-bond donors (Lipinski definition) is 0. The predicted octanol–water partition coefficient (Wildman–Crippen LogP) is 2.19. The van der Waals surface area contributed by atoms with Gasteiger partial charge in [-0.15, -0.1) is 0 Å². The molecule has 1 aromatic carbocycles. The van der Waals surface area contributed by atoms with Crippen LogP contribution in [-0.4, -0.2) is 14.2 Å². The van der Waals surface area contributed by atoms with Crippen LogP contribution in [0.1, 0.15) is 11.1 Å². The highest BCUT2D eigenvalue weighted by atomic mass is 16.5. The summed E-state index contributed by atoms with van der Waals surface area (Å²) in [5.74, 6) is 1.06. The number of ether oxygens (including phenoxy) is 2. The van der Waals surface area contributed by atoms with Gasteiger partial charge in [-0.3, -0.25) is 0 Å². The van der Waals surface area contributed by atoms with E-state index in [0.29, 0.717) is 17.1 Å². The molecule has 4 heteroatoms. The quantitative estimate of drug-likeness (QED) is 0.676. The lowest BCUT2D eigenvalue weighted by atomic mass is 10.1. The zero-order valence-corrected chi connectivity index (χ0v) is 8.33. The third-order valence-corrected chi connectivity index (χ3v) is 1.81. The molecule has 0 fully saturated rings. The van der Waals surface area contributed by atoms with E-state index in [1.807, 2.05) is 6.92 Å². The lowest BCUT2D eigenvalue weighted by Crippen LogP contribution is -1.94. The molecule has 0 amide bonds. The van der Waals surface area contributed by atoms with Crippen molar-refractivity contribution in [2.75, 3.05) is 14.2 Å². The molecule has 4 nitrogen and oxygen atoms in total. The van der Waals surface area contributed by atoms with Gasteiger partial charge in [0.1, 0.15) is 11.5 Å². The third kappa shape index (κ3) is 1.88. The average molecular weight is 193 g/mol. The van der Waals surface area contributed by atoms with Crippen LogP contribution in [0, 0.1) is 18.2 Å². The van der Waals surface area contributed by atoms with Crippen LogP contribution in [0.25, 0.3) is 5.01 Å². The molecular formula is C10H11NO3. The van der Waals surface area contributed by atoms with Crippen molar-refractivity contribution in [3.05, 3.63) is 33.5 Å². The Morgan fingerprint density at radius 1 is 1.21 bits per heavy atom. The molecule has 14 heavy (non-hydrogen) atoms. The molecule has 0 N–H and O–H groups in total. The number of methoxy groups -OCH3 is 2. The second-order valence-electron chi connectivity index (χ2n) is 2.75. The van der Waals surface area contributed by atoms with Gasteiger partial charge >= 0.3 is 6.07 Å². The summed E-state index contributed by atoms with van der Waals surface area (Å²) in [6, 6.07) is 5.87. The van der Waals surface area contributed by atoms with Crippen molar-refractivity contribution in [2.45, 2.75) is 6.92 Å². The Morgan fingerprint density at radius 2 is 1.71 bits per heavy atom. The van der Waals surface area contributed by atoms with E-state index in [2.05, 4.69) is 11.1 Å². The molecule has 0 radical (unpaired) electrons. The number of hydrogen-bond acceptors (Lipinski definition) is 3. The summed E-state index contributed by atoms with van der Waals surface area (Å²) < 4.78 is 10.2. The summed E-state index contributed by atoms with van der Waals surface area (Å²) in [5.41, 5.74) is 1.42. The van der Waals surface area contributed by atoms with Crippen LogP contribution in [0.15, 0.2) is 12.1 Å². The molecule has 0 aliphatic carbocycles. The van der Waals surface area contributed by atoms with Crippen LogP contribution in [-0.2, 0) is 0 Å². The first-order chi connectivity index (χ1) is 6.72. The number of nitrogens with zero attached hydrogens (tertiary/aromatic N) is 1. The van der Waals surface area contributed by atoms with Gasteiger partial charge in [0.2, 0.25) is 0 Å². The Balaban J connectivity index is 3.37. The van der Waals surface area contributed by atoms with Gasteiger partial charge in [0.25, 0.3) is 0 Å². The van der Waals surface area contributed by atoms with Crippen molar-refractivity contribution in [2.24, 2.45) is 0 Å². The molecule has 0 aliphatic rings. The zero-order chi connectivity index (χ0) is 10.6. The van der Waals surface area contributed by atoms with Crippen LogP contribution in [0.3, 0.4) is 0 Å². The Labute approximate surface area is 82.5 Å². The van der Waals surface area contributed by atoms with E-state index in [0.717, 1.165) is 5.56 Å². The number of aryl methyl sites for hydroxylation is 1. The second kappa shape index (κ2) is 4.38. The van der Waals surface area contributed by atoms with E-state index in [1.165, 1.54) is 14.2 Å². The molecule has 74 valence electrons. The molecule has 1 rings (SSSR count). The van der Waals surface area contributed by atoms with E-state index in [9.17, 15) is 5.21 Å². The van der Waals surface area contributed by atoms with Gasteiger partial charge < -0.3 is 14.7 Å². The molecule has 0 bridgehead atoms. The van der Waals surface area contributed by atoms with Crippen molar-refractivity contribution in [3.63, 3.8) is 0 Å². The molecule has 1 aromatic rings. The maximum atomic E-state index is 10.1. The summed E-state index contributed by atoms with van der Waals surface area (Å²) >= 11 is 0. The Morgan fingerprint density at radius 3 is 2.07 bits per heavy atom. The van der Waals surface area contributed by atoms with Gasteiger partial charge in [-0.05, 0) is 24.6 Å². The maximum absolute atomic E-state index is 10.1. The zero-order valence-electron chi connectivity index (χ0n) is 8.33. The third-order valence-electron chi connectivity index (χ3n) is 1.81. The normalized spacial score (nSPS) is 8.79. The van der Waals surface area contributed by atoms with Crippen molar-refractivity contribution >= 4 is 0 Å². The lowest BCUT2D eigenvalue weighted by molar-refractivity contribution is 0.391. The summed E-state index contributed by atoms with van der Waals surface area (Å²) in [6.45, 7) is 1.91. The first kappa shape index (κ1) is 10.2. The lowest BCUT2D eigenvalue weighted by Gasteiger charge is -2.07. The minimum absolute atomic E-state index is 0.440. The Hall–Kier alpha value is -1.89. The smallest absolute Gasteiger partial charge is 0.344 e. The minimum Gasteiger partial charge on any atom is -0.498 e. The van der Waals surface area contributed by atoms with Gasteiger partial charge in [0, 0.05) is 5.01 Å². The van der Waals surface area contributed by atoms with Gasteiger partial charge in [-0.25, -0.2) is 0 Å². The van der Waals surface area contributed by atoms with E-state index in [1.54, 1.807) is 12.1 Å². The fraction of sp³-hybridized carbons (Fsp3) is 0.300. The Kier molecular flexibility index (Phi) is 3.19. The highest BCUT2D eigenvalue weighted by Gasteiger charge is 2.13. The van der Waals surface area contributed by atoms with Crippen LogP contribution >= 0.6 is 0 Å². The van der Waals surface area contributed by atoms with Gasteiger partial charge in [0.15, 0.2) is 5.56 Å². The standard InChI is InChI=1S/C10H11NO3/c1-7-4-9(13-2)8(6-11-12)10(5-7)14-3/h4-5H,1-3H3. The van der Waals surface area contributed by atoms with Crippen LogP contribution < -0.4 is 9.47 Å². The average Bonchev–Trinajstić information content (AvgIpc) is 2.20. The molecule has 0 spiro atoms. The first-order valence-corrected chi connectivity index (χ1v) is 4.04. The van der Waals surface area contributed by atoms with Crippen LogP contribution in [0.5, 0.6) is 11.5 Å². The van der Waals surface area contributed by atoms with E-state index >= 15 is 0 Å². The van der Waals surface area contributed by atoms with E-state index in [4.69, 9.17) is 9.47 Å². The SMILES string of the molecule is COc1cc(C)cc(OC)c1C#[N+][O-]. The highest BCUT2D eigenvalue weighted by Crippen LogP contribution is 2.29. The monoisotopic (exact) mass is 193 g/mol. The summed E-state index contributed by atoms with van der Waals surface area (Å²) in [7, 11) is 3.04. The molecule has 0 unspecified atom stereocenters. The molecule has 0 aromatic heterocycles. The molecule has 0 heterocycles.